The van der Waals surface area contributed by atoms with Crippen molar-refractivity contribution < 1.29 is 9.59 Å². The van der Waals surface area contributed by atoms with Crippen molar-refractivity contribution in [3.05, 3.63) is 82.6 Å². The maximum Gasteiger partial charge on any atom is 0.225 e. The Morgan fingerprint density at radius 2 is 1.56 bits per heavy atom. The summed E-state index contributed by atoms with van der Waals surface area (Å²) < 4.78 is 0. The Labute approximate surface area is 147 Å². The third kappa shape index (κ3) is 3.02. The lowest BCUT2D eigenvalue weighted by Crippen LogP contribution is -2.38. The van der Waals surface area contributed by atoms with E-state index in [0.717, 1.165) is 23.3 Å². The van der Waals surface area contributed by atoms with Crippen molar-refractivity contribution >= 4 is 11.7 Å². The molecule has 0 fully saturated rings. The molecular weight excluding hydrogens is 310 g/mol. The summed E-state index contributed by atoms with van der Waals surface area (Å²) >= 11 is 0. The van der Waals surface area contributed by atoms with Crippen LogP contribution in [0.4, 0.5) is 0 Å². The van der Waals surface area contributed by atoms with Crippen LogP contribution in [0.1, 0.15) is 47.8 Å². The molecule has 3 nitrogen and oxygen atoms in total. The first-order chi connectivity index (χ1) is 12.1. The van der Waals surface area contributed by atoms with Crippen LogP contribution in [-0.4, -0.2) is 11.7 Å². The van der Waals surface area contributed by atoms with Gasteiger partial charge in [0.2, 0.25) is 5.91 Å². The van der Waals surface area contributed by atoms with E-state index in [0.29, 0.717) is 12.8 Å². The Morgan fingerprint density at radius 3 is 2.28 bits per heavy atom. The van der Waals surface area contributed by atoms with E-state index in [4.69, 9.17) is 0 Å². The average molecular weight is 331 g/mol. The van der Waals surface area contributed by atoms with Gasteiger partial charge in [0, 0.05) is 30.0 Å². The molecule has 2 atom stereocenters. The minimum atomic E-state index is -0.114. The van der Waals surface area contributed by atoms with Gasteiger partial charge in [-0.3, -0.25) is 9.59 Å². The van der Waals surface area contributed by atoms with Crippen molar-refractivity contribution in [2.45, 2.75) is 38.0 Å². The highest BCUT2D eigenvalue weighted by Crippen LogP contribution is 2.42. The van der Waals surface area contributed by atoms with Gasteiger partial charge in [0.15, 0.2) is 5.78 Å². The van der Waals surface area contributed by atoms with Gasteiger partial charge in [-0.2, -0.15) is 0 Å². The van der Waals surface area contributed by atoms with E-state index in [2.05, 4.69) is 36.5 Å². The molecule has 3 heteroatoms. The molecule has 2 aromatic carbocycles. The van der Waals surface area contributed by atoms with Crippen LogP contribution in [-0.2, 0) is 9.59 Å². The van der Waals surface area contributed by atoms with Gasteiger partial charge in [0.25, 0.3) is 0 Å². The molecule has 0 saturated carbocycles. The first kappa shape index (κ1) is 15.8. The number of hydrogen-bond donors (Lipinski definition) is 1. The number of rotatable bonds is 2. The number of amides is 1. The fourth-order valence-electron chi connectivity index (χ4n) is 4.00. The summed E-state index contributed by atoms with van der Waals surface area (Å²) in [6.07, 6.45) is 1.59. The van der Waals surface area contributed by atoms with E-state index < -0.39 is 0 Å². The van der Waals surface area contributed by atoms with Crippen LogP contribution in [0.2, 0.25) is 0 Å². The monoisotopic (exact) mass is 331 g/mol. The normalized spacial score (nSPS) is 23.2. The zero-order valence-corrected chi connectivity index (χ0v) is 14.3. The molecule has 0 bridgehead atoms. The number of benzene rings is 2. The topological polar surface area (TPSA) is 46.2 Å². The fraction of sp³-hybridized carbons (Fsp3) is 0.273. The molecule has 2 aliphatic rings. The van der Waals surface area contributed by atoms with Crippen LogP contribution < -0.4 is 5.32 Å². The number of carbonyl (C=O) groups excluding carboxylic acids is 2. The number of carbonyl (C=O) groups is 2. The smallest absolute Gasteiger partial charge is 0.225 e. The Morgan fingerprint density at radius 1 is 0.840 bits per heavy atom. The lowest BCUT2D eigenvalue weighted by Gasteiger charge is -2.34. The molecule has 0 spiro atoms. The van der Waals surface area contributed by atoms with Gasteiger partial charge >= 0.3 is 0 Å². The molecule has 1 heterocycles. The second kappa shape index (κ2) is 6.32. The van der Waals surface area contributed by atoms with Gasteiger partial charge in [-0.25, -0.2) is 0 Å². The molecule has 4 rings (SSSR count). The highest BCUT2D eigenvalue weighted by atomic mass is 16.2. The van der Waals surface area contributed by atoms with Crippen molar-refractivity contribution in [3.63, 3.8) is 0 Å². The largest absolute Gasteiger partial charge is 0.329 e. The van der Waals surface area contributed by atoms with E-state index in [1.165, 1.54) is 11.1 Å². The number of aryl methyl sites for hydroxylation is 1. The summed E-state index contributed by atoms with van der Waals surface area (Å²) in [5.74, 6) is 0.198. The number of hydrogen-bond acceptors (Lipinski definition) is 2. The molecule has 2 unspecified atom stereocenters. The van der Waals surface area contributed by atoms with Crippen LogP contribution in [0.15, 0.2) is 65.9 Å². The molecule has 1 amide bonds. The molecule has 0 radical (unpaired) electrons. The number of nitrogens with one attached hydrogen (secondary N) is 1. The molecule has 1 N–H and O–H groups in total. The predicted octanol–water partition coefficient (Wildman–Crippen LogP) is 4.00. The Balaban J connectivity index is 1.70. The summed E-state index contributed by atoms with van der Waals surface area (Å²) in [6.45, 7) is 2.06. The Bertz CT molecular complexity index is 849. The molecule has 2 aromatic rings. The number of ketones is 1. The van der Waals surface area contributed by atoms with Gasteiger partial charge in [-0.1, -0.05) is 60.2 Å². The van der Waals surface area contributed by atoms with Gasteiger partial charge in [0.1, 0.15) is 0 Å². The summed E-state index contributed by atoms with van der Waals surface area (Å²) in [6, 6.07) is 18.2. The fourth-order valence-corrected chi connectivity index (χ4v) is 4.00. The average Bonchev–Trinajstić information content (AvgIpc) is 2.62. The third-order valence-electron chi connectivity index (χ3n) is 5.29. The summed E-state index contributed by atoms with van der Waals surface area (Å²) in [5, 5.41) is 2.98. The van der Waals surface area contributed by atoms with Crippen molar-refractivity contribution in [1.29, 1.82) is 0 Å². The van der Waals surface area contributed by atoms with E-state index in [1.54, 1.807) is 0 Å². The van der Waals surface area contributed by atoms with E-state index in [-0.39, 0.29) is 23.5 Å². The van der Waals surface area contributed by atoms with Crippen molar-refractivity contribution in [2.75, 3.05) is 0 Å². The molecule has 126 valence electrons. The molecule has 1 aliphatic carbocycles. The Hall–Kier alpha value is -2.68. The van der Waals surface area contributed by atoms with Crippen LogP contribution >= 0.6 is 0 Å². The second-order valence-corrected chi connectivity index (χ2v) is 7.05. The molecule has 25 heavy (non-hydrogen) atoms. The summed E-state index contributed by atoms with van der Waals surface area (Å²) in [5.41, 5.74) is 5.07. The van der Waals surface area contributed by atoms with Crippen molar-refractivity contribution in [2.24, 2.45) is 0 Å². The quantitative estimate of drug-likeness (QED) is 0.904. The van der Waals surface area contributed by atoms with E-state index in [1.807, 2.05) is 30.3 Å². The Kier molecular flexibility index (Phi) is 4.00. The van der Waals surface area contributed by atoms with Crippen LogP contribution in [0.3, 0.4) is 0 Å². The van der Waals surface area contributed by atoms with Gasteiger partial charge in [0.05, 0.1) is 0 Å². The minimum Gasteiger partial charge on any atom is -0.329 e. The van der Waals surface area contributed by atoms with E-state index in [9.17, 15) is 9.59 Å². The van der Waals surface area contributed by atoms with Crippen LogP contribution in [0.25, 0.3) is 0 Å². The van der Waals surface area contributed by atoms with Gasteiger partial charge < -0.3 is 5.32 Å². The zero-order chi connectivity index (χ0) is 17.4. The summed E-state index contributed by atoms with van der Waals surface area (Å²) in [7, 11) is 0. The maximum atomic E-state index is 13.0. The second-order valence-electron chi connectivity index (χ2n) is 7.05. The lowest BCUT2D eigenvalue weighted by molar-refractivity contribution is -0.122. The van der Waals surface area contributed by atoms with Gasteiger partial charge in [-0.15, -0.1) is 0 Å². The number of Topliss-reactive ketones (excluding diaryl/α,β-unsaturated/α-hetero) is 1. The minimum absolute atomic E-state index is 0.00459. The summed E-state index contributed by atoms with van der Waals surface area (Å²) in [4.78, 5) is 25.2. The predicted molar refractivity (Wildman–Crippen MR) is 97.1 cm³/mol. The van der Waals surface area contributed by atoms with E-state index >= 15 is 0 Å². The highest BCUT2D eigenvalue weighted by molar-refractivity contribution is 6.02. The third-order valence-corrected chi connectivity index (χ3v) is 5.29. The maximum absolute atomic E-state index is 13.0. The first-order valence-corrected chi connectivity index (χ1v) is 8.79. The standard InChI is InChI=1S/C22H21NO2/c1-14-7-9-15(10-8-14)17-11-19-22(20(24)12-17)18(13-21(25)23-19)16-5-3-2-4-6-16/h2-10,17-18H,11-13H2,1H3,(H,23,25). The molecular formula is C22H21NO2. The van der Waals surface area contributed by atoms with Gasteiger partial charge in [-0.05, 0) is 30.4 Å². The first-order valence-electron chi connectivity index (χ1n) is 8.79. The number of allylic oxidation sites excluding steroid dienone is 2. The molecule has 0 aromatic heterocycles. The van der Waals surface area contributed by atoms with Crippen LogP contribution in [0, 0.1) is 6.92 Å². The molecule has 1 aliphatic heterocycles. The SMILES string of the molecule is Cc1ccc(C2CC(=O)C3=C(C2)NC(=O)CC3c2ccccc2)cc1. The van der Waals surface area contributed by atoms with Crippen molar-refractivity contribution in [3.8, 4) is 0 Å². The highest BCUT2D eigenvalue weighted by Gasteiger charge is 2.38. The lowest BCUT2D eigenvalue weighted by atomic mass is 9.73. The zero-order valence-electron chi connectivity index (χ0n) is 14.3. The van der Waals surface area contributed by atoms with Crippen molar-refractivity contribution in [1.82, 2.24) is 5.32 Å². The van der Waals surface area contributed by atoms with Crippen LogP contribution in [0.5, 0.6) is 0 Å². The molecule has 0 saturated heterocycles.